The topological polar surface area (TPSA) is 69.6 Å². The van der Waals surface area contributed by atoms with Crippen molar-refractivity contribution in [3.8, 4) is 0 Å². The number of carbonyl (C=O) groups excluding carboxylic acids is 1. The van der Waals surface area contributed by atoms with Crippen molar-refractivity contribution in [1.29, 1.82) is 0 Å². The predicted molar refractivity (Wildman–Crippen MR) is 74.3 cm³/mol. The first kappa shape index (κ1) is 15.0. The van der Waals surface area contributed by atoms with Crippen molar-refractivity contribution in [3.63, 3.8) is 0 Å². The van der Waals surface area contributed by atoms with Crippen LogP contribution in [0.25, 0.3) is 0 Å². The van der Waals surface area contributed by atoms with Gasteiger partial charge in [0.15, 0.2) is 0 Å². The Bertz CT molecular complexity index is 446. The first-order chi connectivity index (χ1) is 9.08. The van der Waals surface area contributed by atoms with Crippen molar-refractivity contribution in [2.45, 2.75) is 26.7 Å². The third-order valence-corrected chi connectivity index (χ3v) is 2.90. The fourth-order valence-corrected chi connectivity index (χ4v) is 1.78. The minimum absolute atomic E-state index is 0.0450. The van der Waals surface area contributed by atoms with E-state index in [0.29, 0.717) is 6.54 Å². The Morgan fingerprint density at radius 2 is 1.95 bits per heavy atom. The van der Waals surface area contributed by atoms with Crippen LogP contribution >= 0.6 is 0 Å². The van der Waals surface area contributed by atoms with Gasteiger partial charge in [-0.15, -0.1) is 0 Å². The fraction of sp³-hybridized carbons (Fsp3) is 0.429. The molecule has 0 aliphatic carbocycles. The van der Waals surface area contributed by atoms with E-state index in [2.05, 4.69) is 5.32 Å². The molecule has 0 spiro atoms. The van der Waals surface area contributed by atoms with Gasteiger partial charge in [0, 0.05) is 18.8 Å². The summed E-state index contributed by atoms with van der Waals surface area (Å²) < 4.78 is 0. The summed E-state index contributed by atoms with van der Waals surface area (Å²) in [5.41, 5.74) is 1.84. The lowest BCUT2D eigenvalue weighted by Crippen LogP contribution is -2.36. The summed E-state index contributed by atoms with van der Waals surface area (Å²) in [6.45, 7) is 4.54. The van der Waals surface area contributed by atoms with Gasteiger partial charge in [-0.05, 0) is 25.0 Å². The minimum atomic E-state index is -0.903. The summed E-state index contributed by atoms with van der Waals surface area (Å²) >= 11 is 0. The average molecular weight is 264 g/mol. The van der Waals surface area contributed by atoms with Crippen LogP contribution in [0.2, 0.25) is 0 Å². The number of para-hydroxylation sites is 1. The van der Waals surface area contributed by atoms with Gasteiger partial charge in [-0.1, -0.05) is 25.1 Å². The molecule has 0 bridgehead atoms. The van der Waals surface area contributed by atoms with Gasteiger partial charge < -0.3 is 15.3 Å². The van der Waals surface area contributed by atoms with E-state index in [4.69, 9.17) is 5.11 Å². The third kappa shape index (κ3) is 4.62. The predicted octanol–water partition coefficient (Wildman–Crippen LogP) is 2.58. The summed E-state index contributed by atoms with van der Waals surface area (Å²) in [6, 6.07) is 7.34. The van der Waals surface area contributed by atoms with E-state index in [0.717, 1.165) is 17.7 Å². The molecule has 0 fully saturated rings. The summed E-state index contributed by atoms with van der Waals surface area (Å²) in [5.74, 6) is -0.903. The number of nitrogens with zero attached hydrogens (tertiary/aromatic N) is 1. The first-order valence-electron chi connectivity index (χ1n) is 6.44. The molecule has 1 rings (SSSR count). The molecule has 5 heteroatoms. The third-order valence-electron chi connectivity index (χ3n) is 2.90. The van der Waals surface area contributed by atoms with Crippen LogP contribution in [0.5, 0.6) is 0 Å². The number of carbonyl (C=O) groups is 2. The minimum Gasteiger partial charge on any atom is -0.481 e. The fourth-order valence-electron chi connectivity index (χ4n) is 1.78. The van der Waals surface area contributed by atoms with E-state index in [1.165, 1.54) is 4.90 Å². The summed E-state index contributed by atoms with van der Waals surface area (Å²) in [6.07, 6.45) is 0.786. The molecule has 0 saturated carbocycles. The van der Waals surface area contributed by atoms with Crippen molar-refractivity contribution >= 4 is 17.7 Å². The second-order valence-corrected chi connectivity index (χ2v) is 4.16. The largest absolute Gasteiger partial charge is 0.481 e. The van der Waals surface area contributed by atoms with Crippen LogP contribution in [0.3, 0.4) is 0 Å². The van der Waals surface area contributed by atoms with Gasteiger partial charge in [-0.2, -0.15) is 0 Å². The van der Waals surface area contributed by atoms with E-state index >= 15 is 0 Å². The molecular weight excluding hydrogens is 244 g/mol. The van der Waals surface area contributed by atoms with Gasteiger partial charge in [-0.25, -0.2) is 4.79 Å². The maximum Gasteiger partial charge on any atom is 0.321 e. The summed E-state index contributed by atoms with van der Waals surface area (Å²) in [5, 5.41) is 11.5. The van der Waals surface area contributed by atoms with E-state index in [9.17, 15) is 9.59 Å². The number of aliphatic carboxylic acids is 1. The van der Waals surface area contributed by atoms with E-state index in [-0.39, 0.29) is 19.0 Å². The highest BCUT2D eigenvalue weighted by Gasteiger charge is 2.13. The smallest absolute Gasteiger partial charge is 0.321 e. The lowest BCUT2D eigenvalue weighted by atomic mass is 10.1. The molecule has 0 aliphatic rings. The average Bonchev–Trinajstić information content (AvgIpc) is 2.39. The van der Waals surface area contributed by atoms with Crippen LogP contribution in [0.15, 0.2) is 24.3 Å². The molecule has 19 heavy (non-hydrogen) atoms. The number of anilines is 1. The van der Waals surface area contributed by atoms with Crippen LogP contribution in [0.1, 0.15) is 25.8 Å². The number of carboxylic acids is 1. The molecule has 2 amide bonds. The van der Waals surface area contributed by atoms with Crippen molar-refractivity contribution in [1.82, 2.24) is 4.90 Å². The highest BCUT2D eigenvalue weighted by atomic mass is 16.4. The number of amides is 2. The Labute approximate surface area is 113 Å². The van der Waals surface area contributed by atoms with Crippen molar-refractivity contribution in [3.05, 3.63) is 29.8 Å². The number of urea groups is 1. The molecule has 0 heterocycles. The molecule has 104 valence electrons. The number of nitrogens with one attached hydrogen (secondary N) is 1. The number of rotatable bonds is 6. The van der Waals surface area contributed by atoms with Crippen LogP contribution in [0, 0.1) is 0 Å². The Balaban J connectivity index is 2.68. The van der Waals surface area contributed by atoms with E-state index < -0.39 is 5.97 Å². The molecule has 0 unspecified atom stereocenters. The molecule has 1 aromatic rings. The summed E-state index contributed by atoms with van der Waals surface area (Å²) in [7, 11) is 0. The lowest BCUT2D eigenvalue weighted by molar-refractivity contribution is -0.137. The normalized spacial score (nSPS) is 10.0. The molecule has 0 radical (unpaired) electrons. The Kier molecular flexibility index (Phi) is 5.85. The molecule has 0 aromatic heterocycles. The number of benzene rings is 1. The van der Waals surface area contributed by atoms with Gasteiger partial charge >= 0.3 is 12.0 Å². The quantitative estimate of drug-likeness (QED) is 0.829. The zero-order valence-corrected chi connectivity index (χ0v) is 11.3. The second kappa shape index (κ2) is 7.41. The standard InChI is InChI=1S/C14H20N2O3/c1-3-11-7-5-6-8-12(11)15-14(19)16(4-2)10-9-13(17)18/h5-8H,3-4,9-10H2,1-2H3,(H,15,19)(H,17,18). The highest BCUT2D eigenvalue weighted by molar-refractivity contribution is 5.90. The van der Waals surface area contributed by atoms with E-state index in [1.54, 1.807) is 0 Å². The zero-order chi connectivity index (χ0) is 14.3. The Hall–Kier alpha value is -2.04. The van der Waals surface area contributed by atoms with Gasteiger partial charge in [0.05, 0.1) is 6.42 Å². The molecular formula is C14H20N2O3. The van der Waals surface area contributed by atoms with Crippen LogP contribution in [0.4, 0.5) is 10.5 Å². The number of hydrogen-bond donors (Lipinski definition) is 2. The maximum atomic E-state index is 12.0. The first-order valence-corrected chi connectivity index (χ1v) is 6.44. The highest BCUT2D eigenvalue weighted by Crippen LogP contribution is 2.16. The lowest BCUT2D eigenvalue weighted by Gasteiger charge is -2.21. The molecule has 2 N–H and O–H groups in total. The van der Waals surface area contributed by atoms with Crippen LogP contribution in [-0.2, 0) is 11.2 Å². The van der Waals surface area contributed by atoms with Gasteiger partial charge in [0.25, 0.3) is 0 Å². The van der Waals surface area contributed by atoms with Gasteiger partial charge in [0.2, 0.25) is 0 Å². The number of carboxylic acid groups (broad SMARTS) is 1. The van der Waals surface area contributed by atoms with E-state index in [1.807, 2.05) is 38.1 Å². The van der Waals surface area contributed by atoms with Crippen LogP contribution < -0.4 is 5.32 Å². The SMILES string of the molecule is CCc1ccccc1NC(=O)N(CC)CCC(=O)O. The van der Waals surface area contributed by atoms with Crippen molar-refractivity contribution < 1.29 is 14.7 Å². The van der Waals surface area contributed by atoms with Gasteiger partial charge in [-0.3, -0.25) is 4.79 Å². The zero-order valence-electron chi connectivity index (χ0n) is 11.3. The molecule has 0 atom stereocenters. The van der Waals surface area contributed by atoms with Crippen LogP contribution in [-0.4, -0.2) is 35.1 Å². The maximum absolute atomic E-state index is 12.0. The molecule has 0 aliphatic heterocycles. The Morgan fingerprint density at radius 1 is 1.26 bits per heavy atom. The van der Waals surface area contributed by atoms with Crippen molar-refractivity contribution in [2.24, 2.45) is 0 Å². The number of aryl methyl sites for hydroxylation is 1. The van der Waals surface area contributed by atoms with Gasteiger partial charge in [0.1, 0.15) is 0 Å². The van der Waals surface area contributed by atoms with Crippen molar-refractivity contribution in [2.75, 3.05) is 18.4 Å². The summed E-state index contributed by atoms with van der Waals surface area (Å²) in [4.78, 5) is 24.1. The molecule has 0 saturated heterocycles. The second-order valence-electron chi connectivity index (χ2n) is 4.16. The molecule has 1 aromatic carbocycles. The Morgan fingerprint density at radius 3 is 2.53 bits per heavy atom. The molecule has 5 nitrogen and oxygen atoms in total. The monoisotopic (exact) mass is 264 g/mol. The number of hydrogen-bond acceptors (Lipinski definition) is 2.